The van der Waals surface area contributed by atoms with Crippen LogP contribution in [0.5, 0.6) is 17.2 Å². The number of thiazole rings is 1. The molecule has 0 atom stereocenters. The second-order valence-corrected chi connectivity index (χ2v) is 8.28. The minimum atomic E-state index is -0.0589. The maximum Gasteiger partial charge on any atom is 0.226 e. The lowest BCUT2D eigenvalue weighted by atomic mass is 10.1. The van der Waals surface area contributed by atoms with Crippen LogP contribution < -0.4 is 19.5 Å². The number of halogens is 1. The first-order valence-corrected chi connectivity index (χ1v) is 11.8. The number of nitrogens with one attached hydrogen (secondary N) is 1. The van der Waals surface area contributed by atoms with E-state index in [9.17, 15) is 4.79 Å². The van der Waals surface area contributed by atoms with E-state index in [1.807, 2.05) is 49.6 Å². The molecule has 3 rings (SSSR count). The summed E-state index contributed by atoms with van der Waals surface area (Å²) in [6.45, 7) is 5.93. The number of benzene rings is 2. The van der Waals surface area contributed by atoms with Crippen molar-refractivity contribution in [1.82, 2.24) is 10.3 Å². The normalized spacial score (nSPS) is 10.6. The van der Waals surface area contributed by atoms with Crippen molar-refractivity contribution in [3.05, 3.63) is 69.1 Å². The highest BCUT2D eigenvalue weighted by Crippen LogP contribution is 2.28. The highest BCUT2D eigenvalue weighted by Gasteiger charge is 2.10. The fourth-order valence-corrected chi connectivity index (χ4v) is 3.83. The number of aromatic nitrogens is 1. The molecule has 0 saturated heterocycles. The quantitative estimate of drug-likeness (QED) is 0.396. The fourth-order valence-electron chi connectivity index (χ4n) is 3.00. The Labute approximate surface area is 197 Å². The second kappa shape index (κ2) is 12.3. The summed E-state index contributed by atoms with van der Waals surface area (Å²) in [7, 11) is 0. The summed E-state index contributed by atoms with van der Waals surface area (Å²) in [5, 5.41) is 6.33. The lowest BCUT2D eigenvalue weighted by Crippen LogP contribution is -2.27. The van der Waals surface area contributed by atoms with Crippen molar-refractivity contribution in [3.63, 3.8) is 0 Å². The third-order valence-corrected chi connectivity index (χ3v) is 5.58. The average Bonchev–Trinajstić information content (AvgIpc) is 3.22. The topological polar surface area (TPSA) is 69.7 Å². The first-order chi connectivity index (χ1) is 15.6. The van der Waals surface area contributed by atoms with E-state index in [1.54, 1.807) is 12.1 Å². The summed E-state index contributed by atoms with van der Waals surface area (Å²) >= 11 is 7.35. The molecular weight excluding hydrogens is 448 g/mol. The first kappa shape index (κ1) is 23.9. The predicted octanol–water partition coefficient (Wildman–Crippen LogP) is 5.07. The van der Waals surface area contributed by atoms with Gasteiger partial charge >= 0.3 is 0 Å². The number of hydrogen-bond donors (Lipinski definition) is 1. The van der Waals surface area contributed by atoms with Crippen LogP contribution in [0.3, 0.4) is 0 Å². The van der Waals surface area contributed by atoms with Gasteiger partial charge in [-0.1, -0.05) is 17.7 Å². The summed E-state index contributed by atoms with van der Waals surface area (Å²) in [5.41, 5.74) is 1.81. The number of nitrogens with zero attached hydrogens (tertiary/aromatic N) is 1. The molecule has 8 heteroatoms. The van der Waals surface area contributed by atoms with Gasteiger partial charge in [0.25, 0.3) is 0 Å². The Hall–Kier alpha value is -2.77. The Morgan fingerprint density at radius 2 is 1.78 bits per heavy atom. The van der Waals surface area contributed by atoms with Crippen LogP contribution in [-0.2, 0) is 24.2 Å². The molecule has 1 amide bonds. The highest BCUT2D eigenvalue weighted by molar-refractivity contribution is 7.09. The van der Waals surface area contributed by atoms with Crippen molar-refractivity contribution in [2.75, 3.05) is 19.8 Å². The van der Waals surface area contributed by atoms with Gasteiger partial charge in [0.15, 0.2) is 11.5 Å². The van der Waals surface area contributed by atoms with Crippen LogP contribution in [0, 0.1) is 0 Å². The highest BCUT2D eigenvalue weighted by atomic mass is 35.5. The smallest absolute Gasteiger partial charge is 0.226 e. The number of ether oxygens (including phenoxy) is 3. The molecule has 0 bridgehead atoms. The summed E-state index contributed by atoms with van der Waals surface area (Å²) in [5.74, 6) is 2.14. The van der Waals surface area contributed by atoms with Gasteiger partial charge in [-0.2, -0.15) is 0 Å². The number of rotatable bonds is 12. The lowest BCUT2D eigenvalue weighted by molar-refractivity contribution is -0.120. The molecule has 0 fully saturated rings. The minimum Gasteiger partial charge on any atom is -0.490 e. The predicted molar refractivity (Wildman–Crippen MR) is 127 cm³/mol. The van der Waals surface area contributed by atoms with Gasteiger partial charge in [-0.3, -0.25) is 4.79 Å². The Kier molecular flexibility index (Phi) is 9.19. The zero-order chi connectivity index (χ0) is 22.8. The lowest BCUT2D eigenvalue weighted by Gasteiger charge is -2.12. The van der Waals surface area contributed by atoms with Crippen molar-refractivity contribution >= 4 is 28.8 Å². The molecule has 2 aromatic carbocycles. The maximum atomic E-state index is 12.3. The number of hydrogen-bond acceptors (Lipinski definition) is 6. The Morgan fingerprint density at radius 1 is 1.03 bits per heavy atom. The SMILES string of the molecule is CCOc1ccc(CCNC(=O)Cc2csc(COc3ccc(Cl)cc3)n2)cc1OCC. The van der Waals surface area contributed by atoms with E-state index in [-0.39, 0.29) is 12.3 Å². The Morgan fingerprint density at radius 3 is 2.53 bits per heavy atom. The number of carbonyl (C=O) groups is 1. The van der Waals surface area contributed by atoms with Crippen LogP contribution in [0.1, 0.15) is 30.1 Å². The summed E-state index contributed by atoms with van der Waals surface area (Å²) < 4.78 is 16.9. The van der Waals surface area contributed by atoms with Gasteiger partial charge in [0.1, 0.15) is 17.4 Å². The molecule has 3 aromatic rings. The van der Waals surface area contributed by atoms with E-state index < -0.39 is 0 Å². The average molecular weight is 475 g/mol. The number of carbonyl (C=O) groups excluding carboxylic acids is 1. The van der Waals surface area contributed by atoms with Crippen LogP contribution in [-0.4, -0.2) is 30.6 Å². The monoisotopic (exact) mass is 474 g/mol. The van der Waals surface area contributed by atoms with Crippen molar-refractivity contribution in [2.45, 2.75) is 33.3 Å². The van der Waals surface area contributed by atoms with E-state index in [2.05, 4.69) is 10.3 Å². The molecule has 0 aliphatic heterocycles. The van der Waals surface area contributed by atoms with Gasteiger partial charge in [-0.25, -0.2) is 4.98 Å². The molecule has 0 saturated carbocycles. The van der Waals surface area contributed by atoms with Gasteiger partial charge in [-0.05, 0) is 62.2 Å². The zero-order valence-corrected chi connectivity index (χ0v) is 19.8. The minimum absolute atomic E-state index is 0.0589. The van der Waals surface area contributed by atoms with E-state index in [4.69, 9.17) is 25.8 Å². The molecule has 0 aliphatic carbocycles. The number of amides is 1. The first-order valence-electron chi connectivity index (χ1n) is 10.5. The fraction of sp³-hybridized carbons (Fsp3) is 0.333. The molecule has 6 nitrogen and oxygen atoms in total. The molecule has 0 radical (unpaired) electrons. The third kappa shape index (κ3) is 7.43. The van der Waals surface area contributed by atoms with Crippen LogP contribution in [0.2, 0.25) is 5.02 Å². The van der Waals surface area contributed by atoms with Crippen molar-refractivity contribution in [3.8, 4) is 17.2 Å². The summed E-state index contributed by atoms with van der Waals surface area (Å²) in [6, 6.07) is 13.0. The molecule has 0 spiro atoms. The Bertz CT molecular complexity index is 1010. The molecule has 1 N–H and O–H groups in total. The second-order valence-electron chi connectivity index (χ2n) is 6.90. The van der Waals surface area contributed by atoms with E-state index in [0.29, 0.717) is 37.8 Å². The zero-order valence-electron chi connectivity index (χ0n) is 18.2. The molecule has 0 aliphatic rings. The van der Waals surface area contributed by atoms with E-state index >= 15 is 0 Å². The van der Waals surface area contributed by atoms with Gasteiger partial charge < -0.3 is 19.5 Å². The molecular formula is C24H27ClN2O4S. The molecule has 170 valence electrons. The molecule has 1 heterocycles. The van der Waals surface area contributed by atoms with Gasteiger partial charge in [0.2, 0.25) is 5.91 Å². The standard InChI is InChI=1S/C24H27ClN2O4S/c1-3-29-21-10-5-17(13-22(21)30-4-2)11-12-26-23(28)14-19-16-32-24(27-19)15-31-20-8-6-18(25)7-9-20/h5-10,13,16H,3-4,11-12,14-15H2,1-2H3,(H,26,28). The molecule has 0 unspecified atom stereocenters. The van der Waals surface area contributed by atoms with Gasteiger partial charge in [-0.15, -0.1) is 11.3 Å². The van der Waals surface area contributed by atoms with Crippen LogP contribution in [0.25, 0.3) is 0 Å². The molecule has 1 aromatic heterocycles. The molecule has 32 heavy (non-hydrogen) atoms. The van der Waals surface area contributed by atoms with Gasteiger partial charge in [0, 0.05) is 16.9 Å². The van der Waals surface area contributed by atoms with Gasteiger partial charge in [0.05, 0.1) is 25.3 Å². The third-order valence-electron chi connectivity index (χ3n) is 4.46. The van der Waals surface area contributed by atoms with Crippen LogP contribution >= 0.6 is 22.9 Å². The maximum absolute atomic E-state index is 12.3. The van der Waals surface area contributed by atoms with Crippen molar-refractivity contribution in [2.24, 2.45) is 0 Å². The van der Waals surface area contributed by atoms with Crippen molar-refractivity contribution in [1.29, 1.82) is 0 Å². The van der Waals surface area contributed by atoms with Crippen LogP contribution in [0.15, 0.2) is 47.8 Å². The van der Waals surface area contributed by atoms with E-state index in [1.165, 1.54) is 11.3 Å². The Balaban J connectivity index is 1.43. The van der Waals surface area contributed by atoms with Crippen molar-refractivity contribution < 1.29 is 19.0 Å². The summed E-state index contributed by atoms with van der Waals surface area (Å²) in [4.78, 5) is 16.8. The summed E-state index contributed by atoms with van der Waals surface area (Å²) in [6.07, 6.45) is 0.945. The van der Waals surface area contributed by atoms with Crippen LogP contribution in [0.4, 0.5) is 0 Å². The van der Waals surface area contributed by atoms with E-state index in [0.717, 1.165) is 33.5 Å². The largest absolute Gasteiger partial charge is 0.490 e.